The molecule has 2 unspecified atom stereocenters. The second-order valence-corrected chi connectivity index (χ2v) is 8.22. The van der Waals surface area contributed by atoms with Crippen LogP contribution in [0.25, 0.3) is 0 Å². The zero-order valence-corrected chi connectivity index (χ0v) is 18.9. The minimum absolute atomic E-state index is 0.0637. The van der Waals surface area contributed by atoms with Gasteiger partial charge in [0, 0.05) is 13.1 Å². The average Bonchev–Trinajstić information content (AvgIpc) is 3.25. The van der Waals surface area contributed by atoms with Crippen molar-refractivity contribution < 1.29 is 14.3 Å². The normalized spacial score (nSPS) is 16.9. The third-order valence-electron chi connectivity index (χ3n) is 5.79. The molecule has 1 N–H and O–H groups in total. The lowest BCUT2D eigenvalue weighted by Crippen LogP contribution is -2.47. The number of nitrogens with one attached hydrogen (secondary N) is 1. The number of likely N-dealkylation sites (N-methyl/N-ethyl adjacent to an activating group) is 1. The summed E-state index contributed by atoms with van der Waals surface area (Å²) in [7, 11) is 4.01. The van der Waals surface area contributed by atoms with E-state index in [9.17, 15) is 9.59 Å². The van der Waals surface area contributed by atoms with E-state index in [4.69, 9.17) is 4.74 Å². The number of hydrogen-bond acceptors (Lipinski definition) is 4. The van der Waals surface area contributed by atoms with Gasteiger partial charge >= 0.3 is 0 Å². The molecule has 2 aromatic rings. The summed E-state index contributed by atoms with van der Waals surface area (Å²) in [6.45, 7) is 5.50. The van der Waals surface area contributed by atoms with Crippen molar-refractivity contribution in [3.8, 4) is 5.75 Å². The van der Waals surface area contributed by atoms with Crippen LogP contribution in [0.15, 0.2) is 48.5 Å². The minimum atomic E-state index is -0.456. The molecular formula is C25H33N3O3. The van der Waals surface area contributed by atoms with Gasteiger partial charge in [0.15, 0.2) is 0 Å². The lowest BCUT2D eigenvalue weighted by molar-refractivity contribution is -0.125. The number of benzene rings is 2. The van der Waals surface area contributed by atoms with Gasteiger partial charge in [-0.1, -0.05) is 42.0 Å². The molecule has 0 aliphatic carbocycles. The zero-order chi connectivity index (χ0) is 22.4. The summed E-state index contributed by atoms with van der Waals surface area (Å²) in [5.74, 6) is 0.316. The number of ether oxygens (including phenoxy) is 1. The molecule has 0 aromatic heterocycles. The van der Waals surface area contributed by atoms with E-state index in [1.807, 2.05) is 33.2 Å². The van der Waals surface area contributed by atoms with E-state index in [1.54, 1.807) is 17.0 Å². The molecule has 166 valence electrons. The van der Waals surface area contributed by atoms with E-state index in [2.05, 4.69) is 41.4 Å². The van der Waals surface area contributed by atoms with Crippen LogP contribution in [0.4, 0.5) is 0 Å². The predicted molar refractivity (Wildman–Crippen MR) is 122 cm³/mol. The molecule has 1 fully saturated rings. The highest BCUT2D eigenvalue weighted by molar-refractivity contribution is 6.00. The van der Waals surface area contributed by atoms with Gasteiger partial charge < -0.3 is 19.9 Å². The predicted octanol–water partition coefficient (Wildman–Crippen LogP) is 3.42. The monoisotopic (exact) mass is 423 g/mol. The van der Waals surface area contributed by atoms with Crippen molar-refractivity contribution in [2.75, 3.05) is 33.8 Å². The molecule has 31 heavy (non-hydrogen) atoms. The molecule has 1 heterocycles. The molecule has 1 saturated heterocycles. The summed E-state index contributed by atoms with van der Waals surface area (Å²) in [6.07, 6.45) is 1.49. The number of nitrogens with zero attached hydrogens (tertiary/aromatic N) is 2. The fourth-order valence-corrected chi connectivity index (χ4v) is 4.06. The average molecular weight is 424 g/mol. The Hall–Kier alpha value is -2.86. The van der Waals surface area contributed by atoms with Crippen LogP contribution < -0.4 is 10.1 Å². The van der Waals surface area contributed by atoms with E-state index < -0.39 is 6.04 Å². The Labute approximate surface area is 185 Å². The molecule has 0 radical (unpaired) electrons. The fraction of sp³-hybridized carbons (Fsp3) is 0.440. The Balaban J connectivity index is 1.69. The largest absolute Gasteiger partial charge is 0.493 e. The van der Waals surface area contributed by atoms with E-state index in [0.717, 1.165) is 12.0 Å². The van der Waals surface area contributed by atoms with Crippen LogP contribution in [0.2, 0.25) is 0 Å². The van der Waals surface area contributed by atoms with Crippen molar-refractivity contribution in [3.63, 3.8) is 0 Å². The molecule has 0 spiro atoms. The molecule has 0 saturated carbocycles. The van der Waals surface area contributed by atoms with E-state index in [0.29, 0.717) is 37.4 Å². The first-order valence-electron chi connectivity index (χ1n) is 11.0. The molecule has 2 amide bonds. The Morgan fingerprint density at radius 1 is 1.16 bits per heavy atom. The molecule has 2 atom stereocenters. The van der Waals surface area contributed by atoms with Crippen LogP contribution in [0.1, 0.15) is 47.3 Å². The molecule has 6 heteroatoms. The first-order valence-corrected chi connectivity index (χ1v) is 11.0. The second-order valence-electron chi connectivity index (χ2n) is 8.22. The van der Waals surface area contributed by atoms with Crippen LogP contribution in [-0.4, -0.2) is 61.4 Å². The van der Waals surface area contributed by atoms with Crippen LogP contribution in [0, 0.1) is 6.92 Å². The summed E-state index contributed by atoms with van der Waals surface area (Å²) >= 11 is 0. The van der Waals surface area contributed by atoms with Crippen molar-refractivity contribution in [3.05, 3.63) is 65.2 Å². The minimum Gasteiger partial charge on any atom is -0.493 e. The lowest BCUT2D eigenvalue weighted by atomic mass is 10.0. The zero-order valence-electron chi connectivity index (χ0n) is 18.9. The summed E-state index contributed by atoms with van der Waals surface area (Å²) in [4.78, 5) is 30.1. The van der Waals surface area contributed by atoms with E-state index in [1.165, 1.54) is 5.56 Å². The maximum absolute atomic E-state index is 13.2. The van der Waals surface area contributed by atoms with Crippen molar-refractivity contribution in [1.82, 2.24) is 15.1 Å². The summed E-state index contributed by atoms with van der Waals surface area (Å²) < 4.78 is 5.62. The number of carbonyl (C=O) groups excluding carboxylic acids is 2. The molecule has 1 aliphatic heterocycles. The lowest BCUT2D eigenvalue weighted by Gasteiger charge is -2.28. The highest BCUT2D eigenvalue weighted by atomic mass is 16.5. The third-order valence-corrected chi connectivity index (χ3v) is 5.79. The fourth-order valence-electron chi connectivity index (χ4n) is 4.06. The van der Waals surface area contributed by atoms with Gasteiger partial charge in [-0.25, -0.2) is 0 Å². The van der Waals surface area contributed by atoms with Crippen molar-refractivity contribution in [1.29, 1.82) is 0 Å². The van der Waals surface area contributed by atoms with Crippen molar-refractivity contribution >= 4 is 11.8 Å². The molecule has 6 nitrogen and oxygen atoms in total. The Morgan fingerprint density at radius 3 is 2.55 bits per heavy atom. The second kappa shape index (κ2) is 10.4. The molecular weight excluding hydrogens is 390 g/mol. The number of para-hydroxylation sites is 1. The first-order chi connectivity index (χ1) is 14.9. The summed E-state index contributed by atoms with van der Waals surface area (Å²) in [5, 5.41) is 3.09. The van der Waals surface area contributed by atoms with Crippen molar-refractivity contribution in [2.45, 2.75) is 38.8 Å². The van der Waals surface area contributed by atoms with Gasteiger partial charge in [-0.3, -0.25) is 9.59 Å². The maximum Gasteiger partial charge on any atom is 0.258 e. The van der Waals surface area contributed by atoms with Crippen LogP contribution >= 0.6 is 0 Å². The number of likely N-dealkylation sites (tertiary alicyclic amines) is 1. The topological polar surface area (TPSA) is 61.9 Å². The van der Waals surface area contributed by atoms with Gasteiger partial charge in [-0.15, -0.1) is 0 Å². The Bertz CT molecular complexity index is 895. The van der Waals surface area contributed by atoms with Gasteiger partial charge in [0.25, 0.3) is 5.91 Å². The summed E-state index contributed by atoms with van der Waals surface area (Å²) in [6, 6.07) is 15.2. The van der Waals surface area contributed by atoms with Crippen LogP contribution in [-0.2, 0) is 4.79 Å². The van der Waals surface area contributed by atoms with Gasteiger partial charge in [-0.2, -0.15) is 0 Å². The Kier molecular flexibility index (Phi) is 7.69. The van der Waals surface area contributed by atoms with Gasteiger partial charge in [0.05, 0.1) is 18.2 Å². The SMILES string of the molecule is CCOc1ccccc1C(=O)N1CCCC1C(=O)NCC(c1ccc(C)cc1)N(C)C. The standard InChI is InChI=1S/C25H33N3O3/c1-5-31-23-11-7-6-9-20(23)25(30)28-16-8-10-21(28)24(29)26-17-22(27(3)4)19-14-12-18(2)13-15-19/h6-7,9,11-15,21-22H,5,8,10,16-17H2,1-4H3,(H,26,29). The smallest absolute Gasteiger partial charge is 0.258 e. The van der Waals surface area contributed by atoms with Gasteiger partial charge in [0.1, 0.15) is 11.8 Å². The van der Waals surface area contributed by atoms with Gasteiger partial charge in [0.2, 0.25) is 5.91 Å². The van der Waals surface area contributed by atoms with E-state index in [-0.39, 0.29) is 17.9 Å². The number of hydrogen-bond donors (Lipinski definition) is 1. The van der Waals surface area contributed by atoms with Crippen LogP contribution in [0.5, 0.6) is 5.75 Å². The summed E-state index contributed by atoms with van der Waals surface area (Å²) in [5.41, 5.74) is 2.87. The first kappa shape index (κ1) is 22.8. The number of carbonyl (C=O) groups is 2. The highest BCUT2D eigenvalue weighted by Crippen LogP contribution is 2.26. The Morgan fingerprint density at radius 2 is 1.87 bits per heavy atom. The number of amides is 2. The van der Waals surface area contributed by atoms with Crippen LogP contribution in [0.3, 0.4) is 0 Å². The van der Waals surface area contributed by atoms with E-state index >= 15 is 0 Å². The number of aryl methyl sites for hydroxylation is 1. The molecule has 1 aliphatic rings. The third kappa shape index (κ3) is 5.44. The molecule has 2 aromatic carbocycles. The maximum atomic E-state index is 13.2. The quantitative estimate of drug-likeness (QED) is 0.707. The van der Waals surface area contributed by atoms with Gasteiger partial charge in [-0.05, 0) is 58.5 Å². The molecule has 0 bridgehead atoms. The highest BCUT2D eigenvalue weighted by Gasteiger charge is 2.35. The van der Waals surface area contributed by atoms with Crippen molar-refractivity contribution in [2.24, 2.45) is 0 Å². The molecule has 3 rings (SSSR count). The number of rotatable bonds is 8.